The lowest BCUT2D eigenvalue weighted by molar-refractivity contribution is 0.0785. The zero-order valence-electron chi connectivity index (χ0n) is 17.5. The molecule has 0 spiro atoms. The van der Waals surface area contributed by atoms with Crippen LogP contribution in [0.5, 0.6) is 0 Å². The van der Waals surface area contributed by atoms with Gasteiger partial charge in [0.25, 0.3) is 5.91 Å². The fourth-order valence-corrected chi connectivity index (χ4v) is 3.46. The Bertz CT molecular complexity index is 1150. The van der Waals surface area contributed by atoms with Gasteiger partial charge in [0.15, 0.2) is 0 Å². The van der Waals surface area contributed by atoms with Crippen LogP contribution >= 0.6 is 0 Å². The number of hydrogen-bond acceptors (Lipinski definition) is 3. The summed E-state index contributed by atoms with van der Waals surface area (Å²) in [6.07, 6.45) is 3.82. The summed E-state index contributed by atoms with van der Waals surface area (Å²) in [7, 11) is 1.82. The lowest BCUT2D eigenvalue weighted by Gasteiger charge is -2.16. The van der Waals surface area contributed by atoms with Crippen molar-refractivity contribution < 1.29 is 4.79 Å². The van der Waals surface area contributed by atoms with Crippen LogP contribution in [0.1, 0.15) is 28.5 Å². The molecule has 30 heavy (non-hydrogen) atoms. The van der Waals surface area contributed by atoms with Crippen LogP contribution in [0.15, 0.2) is 73.1 Å². The van der Waals surface area contributed by atoms with E-state index in [9.17, 15) is 4.79 Å². The predicted molar refractivity (Wildman–Crippen MR) is 117 cm³/mol. The molecule has 6 nitrogen and oxygen atoms in total. The van der Waals surface area contributed by atoms with Gasteiger partial charge in [0.05, 0.1) is 16.9 Å². The molecular formula is C24H25N5O. The Balaban J connectivity index is 1.70. The molecule has 0 fully saturated rings. The highest BCUT2D eigenvalue weighted by Crippen LogP contribution is 2.25. The average Bonchev–Trinajstić information content (AvgIpc) is 3.38. The summed E-state index contributed by atoms with van der Waals surface area (Å²) in [6.45, 7) is 5.33. The van der Waals surface area contributed by atoms with Gasteiger partial charge in [-0.15, -0.1) is 0 Å². The number of benzene rings is 2. The smallest absolute Gasteiger partial charge is 0.257 e. The predicted octanol–water partition coefficient (Wildman–Crippen LogP) is 4.34. The summed E-state index contributed by atoms with van der Waals surface area (Å²) in [5, 5.41) is 9.23. The minimum absolute atomic E-state index is 0.0697. The van der Waals surface area contributed by atoms with E-state index in [1.807, 2.05) is 91.7 Å². The zero-order valence-corrected chi connectivity index (χ0v) is 17.5. The van der Waals surface area contributed by atoms with Crippen LogP contribution in [-0.4, -0.2) is 37.4 Å². The Morgan fingerprint density at radius 3 is 2.27 bits per heavy atom. The highest BCUT2D eigenvalue weighted by Gasteiger charge is 2.22. The van der Waals surface area contributed by atoms with Gasteiger partial charge in [-0.05, 0) is 26.0 Å². The standard InChI is InChI=1S/C24H25N5O/c1-4-28-16-20(18(2)25-28)15-27(3)24(30)22-17-29(21-13-9-6-10-14-21)26-23(22)19-11-7-5-8-12-19/h5-14,16-17H,4,15H2,1-3H3. The third kappa shape index (κ3) is 3.89. The number of amides is 1. The van der Waals surface area contributed by atoms with Gasteiger partial charge in [-0.2, -0.15) is 10.2 Å². The summed E-state index contributed by atoms with van der Waals surface area (Å²) in [6, 6.07) is 19.7. The molecule has 6 heteroatoms. The van der Waals surface area contributed by atoms with Crippen LogP contribution in [0.4, 0.5) is 0 Å². The van der Waals surface area contributed by atoms with Gasteiger partial charge in [-0.25, -0.2) is 4.68 Å². The summed E-state index contributed by atoms with van der Waals surface area (Å²) >= 11 is 0. The van der Waals surface area contributed by atoms with Gasteiger partial charge in [0.1, 0.15) is 5.69 Å². The van der Waals surface area contributed by atoms with Gasteiger partial charge in [-0.1, -0.05) is 48.5 Å². The monoisotopic (exact) mass is 399 g/mol. The first-order valence-electron chi connectivity index (χ1n) is 10.1. The minimum atomic E-state index is -0.0697. The lowest BCUT2D eigenvalue weighted by atomic mass is 10.1. The SMILES string of the molecule is CCn1cc(CN(C)C(=O)c2cn(-c3ccccc3)nc2-c2ccccc2)c(C)n1. The Morgan fingerprint density at radius 2 is 1.63 bits per heavy atom. The van der Waals surface area contributed by atoms with Crippen LogP contribution < -0.4 is 0 Å². The fraction of sp³-hybridized carbons (Fsp3) is 0.208. The Kier molecular flexibility index (Phi) is 5.48. The number of carbonyl (C=O) groups excluding carboxylic acids is 1. The normalized spacial score (nSPS) is 10.9. The Hall–Kier alpha value is -3.67. The summed E-state index contributed by atoms with van der Waals surface area (Å²) < 4.78 is 3.66. The second-order valence-electron chi connectivity index (χ2n) is 7.29. The first-order valence-corrected chi connectivity index (χ1v) is 10.1. The fourth-order valence-electron chi connectivity index (χ4n) is 3.46. The van der Waals surface area contributed by atoms with Gasteiger partial charge in [-0.3, -0.25) is 9.48 Å². The van der Waals surface area contributed by atoms with E-state index in [1.165, 1.54) is 0 Å². The molecule has 2 aromatic carbocycles. The molecule has 0 aliphatic rings. The highest BCUT2D eigenvalue weighted by molar-refractivity contribution is 5.99. The second-order valence-corrected chi connectivity index (χ2v) is 7.29. The minimum Gasteiger partial charge on any atom is -0.337 e. The number of hydrogen-bond donors (Lipinski definition) is 0. The molecule has 0 unspecified atom stereocenters. The highest BCUT2D eigenvalue weighted by atomic mass is 16.2. The first kappa shape index (κ1) is 19.6. The molecule has 2 aromatic heterocycles. The average molecular weight is 399 g/mol. The molecule has 0 radical (unpaired) electrons. The number of aryl methyl sites for hydroxylation is 2. The molecular weight excluding hydrogens is 374 g/mol. The van der Waals surface area contributed by atoms with Gasteiger partial charge in [0, 0.05) is 43.7 Å². The number of carbonyl (C=O) groups is 1. The van der Waals surface area contributed by atoms with Crippen molar-refractivity contribution >= 4 is 5.91 Å². The second kappa shape index (κ2) is 8.37. The van der Waals surface area contributed by atoms with E-state index in [-0.39, 0.29) is 5.91 Å². The molecule has 0 aliphatic carbocycles. The summed E-state index contributed by atoms with van der Waals surface area (Å²) in [5.41, 5.74) is 5.07. The molecule has 0 aliphatic heterocycles. The van der Waals surface area contributed by atoms with Crippen molar-refractivity contribution in [2.24, 2.45) is 0 Å². The van der Waals surface area contributed by atoms with Gasteiger partial charge in [0.2, 0.25) is 0 Å². The van der Waals surface area contributed by atoms with E-state index in [4.69, 9.17) is 5.10 Å². The Labute approximate surface area is 176 Å². The quantitative estimate of drug-likeness (QED) is 0.485. The van der Waals surface area contributed by atoms with Crippen molar-refractivity contribution in [3.63, 3.8) is 0 Å². The van der Waals surface area contributed by atoms with Crippen molar-refractivity contribution in [1.29, 1.82) is 0 Å². The van der Waals surface area contributed by atoms with Crippen molar-refractivity contribution in [1.82, 2.24) is 24.5 Å². The summed E-state index contributed by atoms with van der Waals surface area (Å²) in [5.74, 6) is -0.0697. The molecule has 0 N–H and O–H groups in total. The molecule has 0 bridgehead atoms. The van der Waals surface area contributed by atoms with E-state index in [0.717, 1.165) is 29.1 Å². The number of rotatable bonds is 6. The maximum Gasteiger partial charge on any atom is 0.257 e. The van der Waals surface area contributed by atoms with Crippen LogP contribution in [0.25, 0.3) is 16.9 Å². The van der Waals surface area contributed by atoms with Gasteiger partial charge >= 0.3 is 0 Å². The van der Waals surface area contributed by atoms with Crippen LogP contribution in [0, 0.1) is 6.92 Å². The molecule has 4 rings (SSSR count). The largest absolute Gasteiger partial charge is 0.337 e. The van der Waals surface area contributed by atoms with E-state index in [1.54, 1.807) is 9.58 Å². The summed E-state index contributed by atoms with van der Waals surface area (Å²) in [4.78, 5) is 15.1. The molecule has 2 heterocycles. The number of nitrogens with zero attached hydrogens (tertiary/aromatic N) is 5. The Morgan fingerprint density at radius 1 is 0.967 bits per heavy atom. The first-order chi connectivity index (χ1) is 14.6. The number of aromatic nitrogens is 4. The maximum atomic E-state index is 13.4. The topological polar surface area (TPSA) is 56.0 Å². The van der Waals surface area contributed by atoms with Crippen LogP contribution in [0.2, 0.25) is 0 Å². The third-order valence-electron chi connectivity index (χ3n) is 5.14. The van der Waals surface area contributed by atoms with Crippen molar-refractivity contribution in [2.75, 3.05) is 7.05 Å². The van der Waals surface area contributed by atoms with E-state index in [2.05, 4.69) is 12.0 Å². The van der Waals surface area contributed by atoms with E-state index in [0.29, 0.717) is 17.8 Å². The molecule has 0 atom stereocenters. The van der Waals surface area contributed by atoms with Crippen molar-refractivity contribution in [3.05, 3.63) is 89.9 Å². The van der Waals surface area contributed by atoms with Crippen LogP contribution in [-0.2, 0) is 13.1 Å². The van der Waals surface area contributed by atoms with Crippen molar-refractivity contribution in [2.45, 2.75) is 26.9 Å². The zero-order chi connectivity index (χ0) is 21.1. The number of para-hydroxylation sites is 1. The molecule has 0 saturated carbocycles. The van der Waals surface area contributed by atoms with Crippen molar-refractivity contribution in [3.8, 4) is 16.9 Å². The molecule has 1 amide bonds. The molecule has 0 saturated heterocycles. The lowest BCUT2D eigenvalue weighted by Crippen LogP contribution is -2.26. The van der Waals surface area contributed by atoms with E-state index < -0.39 is 0 Å². The third-order valence-corrected chi connectivity index (χ3v) is 5.14. The maximum absolute atomic E-state index is 13.4. The molecule has 152 valence electrons. The van der Waals surface area contributed by atoms with Crippen LogP contribution in [0.3, 0.4) is 0 Å². The van der Waals surface area contributed by atoms with E-state index >= 15 is 0 Å². The van der Waals surface area contributed by atoms with Gasteiger partial charge < -0.3 is 4.90 Å². The molecule has 4 aromatic rings.